The molecule has 0 bridgehead atoms. The Morgan fingerprint density at radius 3 is 1.78 bits per heavy atom. The number of quaternary nitrogens is 1. The third-order valence-electron chi connectivity index (χ3n) is 4.61. The molecule has 0 saturated carbocycles. The largest absolute Gasteiger partial charge is 0.748 e. The van der Waals surface area contributed by atoms with Crippen molar-refractivity contribution in [2.75, 3.05) is 25.9 Å². The average molecular weight is 350 g/mol. The Morgan fingerprint density at radius 2 is 1.35 bits per heavy atom. The lowest BCUT2D eigenvalue weighted by Gasteiger charge is -2.21. The van der Waals surface area contributed by atoms with Gasteiger partial charge in [-0.05, 0) is 19.3 Å². The highest BCUT2D eigenvalue weighted by atomic mass is 32.2. The van der Waals surface area contributed by atoms with Crippen LogP contribution in [0.15, 0.2) is 0 Å². The molecule has 2 unspecified atom stereocenters. The van der Waals surface area contributed by atoms with Crippen LogP contribution in [0.4, 0.5) is 0 Å². The summed E-state index contributed by atoms with van der Waals surface area (Å²) in [6.45, 7) is 6.08. The molecule has 0 aliphatic carbocycles. The summed E-state index contributed by atoms with van der Waals surface area (Å²) in [6.07, 6.45) is 14.1. The summed E-state index contributed by atoms with van der Waals surface area (Å²) in [5.74, 6) is -0.209. The van der Waals surface area contributed by atoms with Gasteiger partial charge in [-0.25, -0.2) is 8.42 Å². The fourth-order valence-electron chi connectivity index (χ4n) is 3.12. The van der Waals surface area contributed by atoms with E-state index in [9.17, 15) is 13.0 Å². The Kier molecular flexibility index (Phi) is 14.2. The molecule has 0 aliphatic rings. The van der Waals surface area contributed by atoms with Crippen LogP contribution >= 0.6 is 0 Å². The summed E-state index contributed by atoms with van der Waals surface area (Å²) in [7, 11) is -1.98. The molecule has 0 aromatic rings. The SMILES string of the molecule is CCCCCCCCCCCC[NH+](C)CC(CC)CS(=O)(=O)[O-]. The van der Waals surface area contributed by atoms with Crippen LogP contribution in [-0.2, 0) is 10.1 Å². The van der Waals surface area contributed by atoms with Crippen molar-refractivity contribution in [1.82, 2.24) is 0 Å². The van der Waals surface area contributed by atoms with Crippen molar-refractivity contribution < 1.29 is 17.9 Å². The normalized spacial score (nSPS) is 14.8. The topological polar surface area (TPSA) is 61.6 Å². The third-order valence-corrected chi connectivity index (χ3v) is 5.49. The fraction of sp³-hybridized carbons (Fsp3) is 1.00. The molecule has 0 heterocycles. The van der Waals surface area contributed by atoms with E-state index in [1.807, 2.05) is 6.92 Å². The molecule has 0 fully saturated rings. The predicted molar refractivity (Wildman–Crippen MR) is 96.8 cm³/mol. The van der Waals surface area contributed by atoms with Crippen molar-refractivity contribution in [3.63, 3.8) is 0 Å². The van der Waals surface area contributed by atoms with Gasteiger partial charge in [0.05, 0.1) is 30.3 Å². The first-order valence-electron chi connectivity index (χ1n) is 9.63. The first kappa shape index (κ1) is 22.9. The summed E-state index contributed by atoms with van der Waals surface area (Å²) in [6, 6.07) is 0. The van der Waals surface area contributed by atoms with Gasteiger partial charge in [0, 0.05) is 11.7 Å². The van der Waals surface area contributed by atoms with Crippen molar-refractivity contribution in [2.45, 2.75) is 84.5 Å². The minimum atomic E-state index is -4.09. The second kappa shape index (κ2) is 14.2. The van der Waals surface area contributed by atoms with Crippen LogP contribution in [0, 0.1) is 5.92 Å². The molecule has 0 saturated heterocycles. The van der Waals surface area contributed by atoms with E-state index in [4.69, 9.17) is 0 Å². The molecule has 0 aliphatic heterocycles. The van der Waals surface area contributed by atoms with Gasteiger partial charge >= 0.3 is 0 Å². The van der Waals surface area contributed by atoms with Crippen molar-refractivity contribution >= 4 is 10.1 Å². The molecule has 23 heavy (non-hydrogen) atoms. The van der Waals surface area contributed by atoms with Gasteiger partial charge in [-0.15, -0.1) is 0 Å². The average Bonchev–Trinajstić information content (AvgIpc) is 2.47. The second-order valence-electron chi connectivity index (χ2n) is 7.09. The van der Waals surface area contributed by atoms with Crippen LogP contribution in [-0.4, -0.2) is 38.9 Å². The number of hydrogen-bond acceptors (Lipinski definition) is 3. The first-order valence-corrected chi connectivity index (χ1v) is 11.2. The van der Waals surface area contributed by atoms with E-state index in [2.05, 4.69) is 14.0 Å². The van der Waals surface area contributed by atoms with Gasteiger partial charge in [-0.1, -0.05) is 65.2 Å². The lowest BCUT2D eigenvalue weighted by atomic mass is 10.1. The highest BCUT2D eigenvalue weighted by Crippen LogP contribution is 2.10. The molecular formula is C18H39NO3S. The lowest BCUT2D eigenvalue weighted by Crippen LogP contribution is -3.09. The standard InChI is InChI=1S/C18H39NO3S/c1-4-6-7-8-9-10-11-12-13-14-15-19(3)16-18(5-2)17-23(20,21)22/h18H,4-17H2,1-3H3,(H,20,21,22). The smallest absolute Gasteiger partial charge is 0.0950 e. The van der Waals surface area contributed by atoms with Gasteiger partial charge in [0.15, 0.2) is 0 Å². The molecule has 2 atom stereocenters. The van der Waals surface area contributed by atoms with Gasteiger partial charge in [0.2, 0.25) is 0 Å². The van der Waals surface area contributed by atoms with Gasteiger partial charge in [0.25, 0.3) is 0 Å². The number of hydrogen-bond donors (Lipinski definition) is 1. The van der Waals surface area contributed by atoms with Crippen molar-refractivity contribution in [1.29, 1.82) is 0 Å². The molecule has 0 aromatic heterocycles. The molecule has 1 N–H and O–H groups in total. The predicted octanol–water partition coefficient (Wildman–Crippen LogP) is 2.99. The van der Waals surface area contributed by atoms with E-state index >= 15 is 0 Å². The Balaban J connectivity index is 3.53. The van der Waals surface area contributed by atoms with Gasteiger partial charge in [0.1, 0.15) is 0 Å². The van der Waals surface area contributed by atoms with Gasteiger partial charge < -0.3 is 9.45 Å². The summed E-state index contributed by atoms with van der Waals surface area (Å²) in [5.41, 5.74) is 0. The second-order valence-corrected chi connectivity index (χ2v) is 8.54. The van der Waals surface area contributed by atoms with E-state index in [0.717, 1.165) is 19.5 Å². The van der Waals surface area contributed by atoms with E-state index in [0.29, 0.717) is 0 Å². The fourth-order valence-corrected chi connectivity index (χ4v) is 4.05. The maximum Gasteiger partial charge on any atom is 0.0950 e. The number of nitrogens with one attached hydrogen (secondary N) is 1. The third kappa shape index (κ3) is 16.5. The highest BCUT2D eigenvalue weighted by molar-refractivity contribution is 7.85. The summed E-state index contributed by atoms with van der Waals surface area (Å²) >= 11 is 0. The monoisotopic (exact) mass is 349 g/mol. The molecular weight excluding hydrogens is 310 g/mol. The van der Waals surface area contributed by atoms with Crippen molar-refractivity contribution in [3.05, 3.63) is 0 Å². The Bertz CT molecular complexity index is 357. The zero-order valence-electron chi connectivity index (χ0n) is 15.6. The van der Waals surface area contributed by atoms with Crippen LogP contribution < -0.4 is 4.90 Å². The lowest BCUT2D eigenvalue weighted by molar-refractivity contribution is -0.883. The van der Waals surface area contributed by atoms with Crippen molar-refractivity contribution in [2.24, 2.45) is 5.92 Å². The Morgan fingerprint density at radius 1 is 0.870 bits per heavy atom. The van der Waals surface area contributed by atoms with Crippen molar-refractivity contribution in [3.8, 4) is 0 Å². The molecule has 140 valence electrons. The summed E-state index contributed by atoms with van der Waals surface area (Å²) in [5, 5.41) is 0. The first-order chi connectivity index (χ1) is 10.9. The molecule has 0 aromatic carbocycles. The maximum atomic E-state index is 10.9. The van der Waals surface area contributed by atoms with E-state index < -0.39 is 10.1 Å². The van der Waals surface area contributed by atoms with Crippen LogP contribution in [0.2, 0.25) is 0 Å². The van der Waals surface area contributed by atoms with Crippen LogP contribution in [0.1, 0.15) is 84.5 Å². The minimum absolute atomic E-state index is 0.000575. The van der Waals surface area contributed by atoms with Crippen LogP contribution in [0.3, 0.4) is 0 Å². The molecule has 0 spiro atoms. The molecule has 5 heteroatoms. The zero-order chi connectivity index (χ0) is 17.6. The summed E-state index contributed by atoms with van der Waals surface area (Å²) < 4.78 is 32.6. The quantitative estimate of drug-likeness (QED) is 0.344. The molecule has 0 amide bonds. The number of rotatable bonds is 16. The van der Waals surface area contributed by atoms with E-state index in [1.54, 1.807) is 0 Å². The number of unbranched alkanes of at least 4 members (excludes halogenated alkanes) is 9. The van der Waals surface area contributed by atoms with Crippen LogP contribution in [0.25, 0.3) is 0 Å². The van der Waals surface area contributed by atoms with Gasteiger partial charge in [-0.3, -0.25) is 0 Å². The highest BCUT2D eigenvalue weighted by Gasteiger charge is 2.15. The molecule has 0 rings (SSSR count). The molecule has 0 radical (unpaired) electrons. The maximum absolute atomic E-state index is 10.9. The molecule has 4 nitrogen and oxygen atoms in total. The minimum Gasteiger partial charge on any atom is -0.748 e. The van der Waals surface area contributed by atoms with E-state index in [-0.39, 0.29) is 11.7 Å². The summed E-state index contributed by atoms with van der Waals surface area (Å²) in [4.78, 5) is 1.35. The van der Waals surface area contributed by atoms with E-state index in [1.165, 1.54) is 69.1 Å². The van der Waals surface area contributed by atoms with Gasteiger partial charge in [-0.2, -0.15) is 0 Å². The van der Waals surface area contributed by atoms with Crippen LogP contribution in [0.5, 0.6) is 0 Å². The zero-order valence-corrected chi connectivity index (χ0v) is 16.4. The Labute approximate surface area is 144 Å². The Hall–Kier alpha value is -0.130.